The van der Waals surface area contributed by atoms with Crippen molar-refractivity contribution >= 4 is 5.82 Å². The molecule has 31 heavy (non-hydrogen) atoms. The summed E-state index contributed by atoms with van der Waals surface area (Å²) in [4.78, 5) is 13.8. The topological polar surface area (TPSA) is 83.2 Å². The summed E-state index contributed by atoms with van der Waals surface area (Å²) in [7, 11) is 1.93. The van der Waals surface area contributed by atoms with Crippen LogP contribution in [0.2, 0.25) is 0 Å². The molecule has 1 fully saturated rings. The molecular formula is C23H29N7O. The Labute approximate surface area is 183 Å². The average molecular weight is 420 g/mol. The van der Waals surface area contributed by atoms with Gasteiger partial charge in [0.1, 0.15) is 11.5 Å². The number of allylic oxidation sites excluding steroid dienone is 1. The van der Waals surface area contributed by atoms with E-state index in [0.717, 1.165) is 44.0 Å². The molecule has 3 aromatic rings. The zero-order valence-corrected chi connectivity index (χ0v) is 18.4. The lowest BCUT2D eigenvalue weighted by Gasteiger charge is -2.42. The van der Waals surface area contributed by atoms with Crippen LogP contribution in [0, 0.1) is 0 Å². The number of anilines is 1. The van der Waals surface area contributed by atoms with Gasteiger partial charge in [-0.3, -0.25) is 4.98 Å². The predicted octanol–water partition coefficient (Wildman–Crippen LogP) is 3.35. The van der Waals surface area contributed by atoms with E-state index in [2.05, 4.69) is 50.7 Å². The summed E-state index contributed by atoms with van der Waals surface area (Å²) in [6.45, 7) is 12.0. The van der Waals surface area contributed by atoms with Crippen LogP contribution in [0.5, 0.6) is 0 Å². The maximum Gasteiger partial charge on any atom is 0.268 e. The van der Waals surface area contributed by atoms with E-state index in [0.29, 0.717) is 23.5 Å². The predicted molar refractivity (Wildman–Crippen MR) is 121 cm³/mol. The molecule has 162 valence electrons. The number of nitrogens with one attached hydrogen (secondary N) is 1. The van der Waals surface area contributed by atoms with Crippen molar-refractivity contribution in [3.8, 4) is 23.0 Å². The van der Waals surface area contributed by atoms with Gasteiger partial charge in [0.05, 0.1) is 12.4 Å². The second kappa shape index (κ2) is 9.26. The highest BCUT2D eigenvalue weighted by Crippen LogP contribution is 2.25. The number of piperazine rings is 1. The quantitative estimate of drug-likeness (QED) is 0.624. The average Bonchev–Trinajstić information content (AvgIpc) is 3.30. The van der Waals surface area contributed by atoms with Crippen molar-refractivity contribution in [2.24, 2.45) is 0 Å². The molecule has 0 unspecified atom stereocenters. The van der Waals surface area contributed by atoms with Crippen molar-refractivity contribution in [1.82, 2.24) is 30.4 Å². The van der Waals surface area contributed by atoms with Crippen LogP contribution in [0.4, 0.5) is 5.82 Å². The van der Waals surface area contributed by atoms with Crippen LogP contribution < -0.4 is 10.2 Å². The summed E-state index contributed by atoms with van der Waals surface area (Å²) < 4.78 is 5.90. The van der Waals surface area contributed by atoms with Crippen LogP contribution >= 0.6 is 0 Å². The maximum absolute atomic E-state index is 5.90. The number of benzene rings is 1. The van der Waals surface area contributed by atoms with Crippen LogP contribution in [0.3, 0.4) is 0 Å². The Hall–Kier alpha value is -3.26. The molecule has 1 atom stereocenters. The lowest BCUT2D eigenvalue weighted by Crippen LogP contribution is -2.51. The van der Waals surface area contributed by atoms with E-state index in [1.54, 1.807) is 12.4 Å². The summed E-state index contributed by atoms with van der Waals surface area (Å²) >= 11 is 0. The third-order valence-electron chi connectivity index (χ3n) is 5.61. The summed E-state index contributed by atoms with van der Waals surface area (Å²) in [5, 5.41) is 11.5. The summed E-state index contributed by atoms with van der Waals surface area (Å²) in [6, 6.07) is 8.43. The fraction of sp³-hybridized carbons (Fsp3) is 0.391. The van der Waals surface area contributed by atoms with Gasteiger partial charge in [0.25, 0.3) is 5.89 Å². The Bertz CT molecular complexity index is 1030. The largest absolute Gasteiger partial charge is 0.415 e. The van der Waals surface area contributed by atoms with Crippen molar-refractivity contribution in [3.63, 3.8) is 0 Å². The molecule has 1 aromatic carbocycles. The van der Waals surface area contributed by atoms with Gasteiger partial charge in [-0.05, 0) is 38.1 Å². The molecule has 2 aromatic heterocycles. The Morgan fingerprint density at radius 3 is 2.65 bits per heavy atom. The Morgan fingerprint density at radius 1 is 1.16 bits per heavy atom. The van der Waals surface area contributed by atoms with Gasteiger partial charge in [-0.25, -0.2) is 4.98 Å². The van der Waals surface area contributed by atoms with E-state index in [1.165, 1.54) is 11.3 Å². The lowest BCUT2D eigenvalue weighted by atomic mass is 10.1. The van der Waals surface area contributed by atoms with Crippen molar-refractivity contribution in [3.05, 3.63) is 54.5 Å². The first-order valence-corrected chi connectivity index (χ1v) is 10.7. The van der Waals surface area contributed by atoms with Crippen LogP contribution in [0.15, 0.2) is 53.4 Å². The number of nitrogens with zero attached hydrogens (tertiary/aromatic N) is 6. The fourth-order valence-electron chi connectivity index (χ4n) is 3.86. The van der Waals surface area contributed by atoms with Gasteiger partial charge in [-0.15, -0.1) is 10.2 Å². The van der Waals surface area contributed by atoms with E-state index in [-0.39, 0.29) is 0 Å². The van der Waals surface area contributed by atoms with E-state index >= 15 is 0 Å². The monoisotopic (exact) mass is 419 g/mol. The SMILES string of the molecule is C=C(CC)N1CCN(c2cncc(-c3nnc(-c4ccc(CNC)cc4)o3)n2)C[C@@H]1C. The third-order valence-corrected chi connectivity index (χ3v) is 5.61. The molecule has 8 nitrogen and oxygen atoms in total. The molecule has 1 aliphatic heterocycles. The molecule has 0 spiro atoms. The minimum Gasteiger partial charge on any atom is -0.415 e. The molecule has 0 radical (unpaired) electrons. The molecule has 1 saturated heterocycles. The second-order valence-corrected chi connectivity index (χ2v) is 7.81. The third kappa shape index (κ3) is 4.59. The normalized spacial score (nSPS) is 16.5. The van der Waals surface area contributed by atoms with E-state index in [4.69, 9.17) is 9.40 Å². The summed E-state index contributed by atoms with van der Waals surface area (Å²) in [6.07, 6.45) is 4.42. The van der Waals surface area contributed by atoms with Crippen LogP contribution in [-0.4, -0.2) is 57.8 Å². The lowest BCUT2D eigenvalue weighted by molar-refractivity contribution is 0.237. The zero-order chi connectivity index (χ0) is 21.8. The minimum absolute atomic E-state index is 0.368. The highest BCUT2D eigenvalue weighted by Gasteiger charge is 2.25. The van der Waals surface area contributed by atoms with Crippen molar-refractivity contribution in [2.45, 2.75) is 32.9 Å². The minimum atomic E-state index is 0.368. The molecule has 1 N–H and O–H groups in total. The Balaban J connectivity index is 1.50. The summed E-state index contributed by atoms with van der Waals surface area (Å²) in [5.41, 5.74) is 3.84. The highest BCUT2D eigenvalue weighted by atomic mass is 16.4. The Morgan fingerprint density at radius 2 is 1.94 bits per heavy atom. The van der Waals surface area contributed by atoms with Gasteiger partial charge in [0.15, 0.2) is 0 Å². The molecule has 0 bridgehead atoms. The Kier molecular flexibility index (Phi) is 6.27. The molecule has 3 heterocycles. The number of rotatable bonds is 7. The molecular weight excluding hydrogens is 390 g/mol. The van der Waals surface area contributed by atoms with Gasteiger partial charge >= 0.3 is 0 Å². The van der Waals surface area contributed by atoms with Crippen LogP contribution in [0.25, 0.3) is 23.0 Å². The molecule has 0 saturated carbocycles. The molecule has 0 aliphatic carbocycles. The van der Waals surface area contributed by atoms with Crippen LogP contribution in [-0.2, 0) is 6.54 Å². The zero-order valence-electron chi connectivity index (χ0n) is 18.4. The molecule has 1 aliphatic rings. The van der Waals surface area contributed by atoms with Crippen molar-refractivity contribution in [1.29, 1.82) is 0 Å². The van der Waals surface area contributed by atoms with E-state index in [9.17, 15) is 0 Å². The smallest absolute Gasteiger partial charge is 0.268 e. The number of aromatic nitrogens is 4. The van der Waals surface area contributed by atoms with Gasteiger partial charge in [-0.2, -0.15) is 0 Å². The maximum atomic E-state index is 5.90. The summed E-state index contributed by atoms with van der Waals surface area (Å²) in [5.74, 6) is 1.66. The number of hydrogen-bond acceptors (Lipinski definition) is 8. The fourth-order valence-corrected chi connectivity index (χ4v) is 3.86. The highest BCUT2D eigenvalue weighted by molar-refractivity contribution is 5.56. The van der Waals surface area contributed by atoms with Crippen molar-refractivity contribution in [2.75, 3.05) is 31.6 Å². The van der Waals surface area contributed by atoms with Crippen molar-refractivity contribution < 1.29 is 4.42 Å². The van der Waals surface area contributed by atoms with Gasteiger partial charge in [0, 0.05) is 43.5 Å². The molecule has 4 rings (SSSR count). The standard InChI is InChI=1S/C23H29N7O/c1-5-16(2)30-11-10-29(15-17(30)3)21-14-25-13-20(26-21)23-28-27-22(31-23)19-8-6-18(7-9-19)12-24-4/h6-9,13-14,17,24H,2,5,10-12,15H2,1,3-4H3/t17-/m0/s1. The van der Waals surface area contributed by atoms with Crippen LogP contribution in [0.1, 0.15) is 25.8 Å². The van der Waals surface area contributed by atoms with Gasteiger partial charge < -0.3 is 19.5 Å². The van der Waals surface area contributed by atoms with Gasteiger partial charge in [0.2, 0.25) is 5.89 Å². The first-order chi connectivity index (χ1) is 15.1. The molecule has 8 heteroatoms. The number of hydrogen-bond donors (Lipinski definition) is 1. The van der Waals surface area contributed by atoms with Gasteiger partial charge in [-0.1, -0.05) is 25.6 Å². The molecule has 0 amide bonds. The first kappa shape index (κ1) is 21.0. The second-order valence-electron chi connectivity index (χ2n) is 7.81. The first-order valence-electron chi connectivity index (χ1n) is 10.7. The van der Waals surface area contributed by atoms with E-state index < -0.39 is 0 Å². The van der Waals surface area contributed by atoms with E-state index in [1.807, 2.05) is 31.3 Å².